The van der Waals surface area contributed by atoms with Crippen LogP contribution in [0.3, 0.4) is 0 Å². The normalized spacial score (nSPS) is 11.9. The van der Waals surface area contributed by atoms with E-state index >= 15 is 0 Å². The predicted molar refractivity (Wildman–Crippen MR) is 132 cm³/mol. The van der Waals surface area contributed by atoms with Gasteiger partial charge in [-0.2, -0.15) is 0 Å². The molecule has 158 valence electrons. The second-order valence-corrected chi connectivity index (χ2v) is 8.23. The zero-order valence-corrected chi connectivity index (χ0v) is 18.2. The fraction of sp³-hybridized carbons (Fsp3) is 0.111. The second-order valence-electron chi connectivity index (χ2n) is 7.82. The Morgan fingerprint density at radius 1 is 0.844 bits per heavy atom. The molecule has 0 unspecified atom stereocenters. The highest BCUT2D eigenvalue weighted by atomic mass is 32.1. The van der Waals surface area contributed by atoms with E-state index in [0.29, 0.717) is 17.9 Å². The van der Waals surface area contributed by atoms with E-state index in [1.807, 2.05) is 36.4 Å². The first-order valence-corrected chi connectivity index (χ1v) is 11.0. The van der Waals surface area contributed by atoms with Crippen LogP contribution in [0.2, 0.25) is 0 Å². The van der Waals surface area contributed by atoms with Gasteiger partial charge in [-0.25, -0.2) is 0 Å². The average molecular weight is 439 g/mol. The summed E-state index contributed by atoms with van der Waals surface area (Å²) in [6, 6.07) is 27.5. The van der Waals surface area contributed by atoms with Gasteiger partial charge in [0, 0.05) is 16.6 Å². The van der Waals surface area contributed by atoms with Gasteiger partial charge in [-0.3, -0.25) is 10.1 Å². The zero-order chi connectivity index (χ0) is 21.9. The summed E-state index contributed by atoms with van der Waals surface area (Å²) in [5, 5.41) is 8.68. The molecule has 4 aromatic carbocycles. The number of aryl methyl sites for hydroxylation is 2. The van der Waals surface area contributed by atoms with Crippen molar-refractivity contribution in [2.45, 2.75) is 19.4 Å². The van der Waals surface area contributed by atoms with Crippen LogP contribution in [0.15, 0.2) is 84.9 Å². The SMILES string of the molecule is O=C(NC(=S)Nc1ccc2c3c(cccc13)CC2)c1ccc(OCc2ccccc2)cc1. The van der Waals surface area contributed by atoms with Gasteiger partial charge >= 0.3 is 0 Å². The molecule has 5 heteroatoms. The first-order chi connectivity index (χ1) is 15.7. The standard InChI is InChI=1S/C27H22N2O2S/c30-26(21-11-14-22(15-12-21)31-17-18-5-2-1-3-6-18)29-27(32)28-24-16-13-20-10-9-19-7-4-8-23(24)25(19)20/h1-8,11-16H,9-10,17H2,(H2,28,29,30,32). The van der Waals surface area contributed by atoms with E-state index in [2.05, 4.69) is 34.9 Å². The Morgan fingerprint density at radius 3 is 2.38 bits per heavy atom. The lowest BCUT2D eigenvalue weighted by atomic mass is 10.0. The van der Waals surface area contributed by atoms with Crippen LogP contribution < -0.4 is 15.4 Å². The molecule has 0 radical (unpaired) electrons. The predicted octanol–water partition coefficient (Wildman–Crippen LogP) is 5.64. The monoisotopic (exact) mass is 438 g/mol. The molecule has 0 bridgehead atoms. The minimum Gasteiger partial charge on any atom is -0.489 e. The Bertz CT molecular complexity index is 1290. The molecule has 0 saturated heterocycles. The van der Waals surface area contributed by atoms with E-state index in [9.17, 15) is 4.79 Å². The first kappa shape index (κ1) is 20.2. The van der Waals surface area contributed by atoms with Crippen molar-refractivity contribution >= 4 is 39.7 Å². The molecule has 0 heterocycles. The van der Waals surface area contributed by atoms with Crippen molar-refractivity contribution in [1.82, 2.24) is 5.32 Å². The molecule has 0 saturated carbocycles. The van der Waals surface area contributed by atoms with Crippen molar-refractivity contribution in [1.29, 1.82) is 0 Å². The van der Waals surface area contributed by atoms with E-state index in [4.69, 9.17) is 17.0 Å². The Kier molecular flexibility index (Phi) is 5.57. The molecule has 0 aliphatic heterocycles. The summed E-state index contributed by atoms with van der Waals surface area (Å²) in [4.78, 5) is 12.6. The summed E-state index contributed by atoms with van der Waals surface area (Å²) in [6.07, 6.45) is 2.14. The van der Waals surface area contributed by atoms with Gasteiger partial charge < -0.3 is 10.1 Å². The molecule has 4 aromatic rings. The van der Waals surface area contributed by atoms with E-state index in [1.54, 1.807) is 24.3 Å². The van der Waals surface area contributed by atoms with Gasteiger partial charge in [-0.1, -0.05) is 54.6 Å². The molecule has 1 aliphatic rings. The number of nitrogens with one attached hydrogen (secondary N) is 2. The quantitative estimate of drug-likeness (QED) is 0.396. The molecule has 1 amide bonds. The summed E-state index contributed by atoms with van der Waals surface area (Å²) in [5.74, 6) is 0.446. The first-order valence-electron chi connectivity index (χ1n) is 10.6. The van der Waals surface area contributed by atoms with Crippen molar-refractivity contribution in [3.63, 3.8) is 0 Å². The van der Waals surface area contributed by atoms with E-state index in [1.165, 1.54) is 16.5 Å². The highest BCUT2D eigenvalue weighted by Gasteiger charge is 2.16. The van der Waals surface area contributed by atoms with Crippen molar-refractivity contribution in [3.05, 3.63) is 107 Å². The molecule has 0 atom stereocenters. The largest absolute Gasteiger partial charge is 0.489 e. The van der Waals surface area contributed by atoms with Crippen molar-refractivity contribution in [2.24, 2.45) is 0 Å². The van der Waals surface area contributed by atoms with Crippen LogP contribution in [-0.2, 0) is 19.4 Å². The lowest BCUT2D eigenvalue weighted by molar-refractivity contribution is 0.0977. The second kappa shape index (κ2) is 8.81. The number of rotatable bonds is 5. The van der Waals surface area contributed by atoms with E-state index < -0.39 is 0 Å². The fourth-order valence-electron chi connectivity index (χ4n) is 4.13. The molecule has 1 aliphatic carbocycles. The Labute approximate surface area is 192 Å². The Morgan fingerprint density at radius 2 is 1.59 bits per heavy atom. The van der Waals surface area contributed by atoms with Gasteiger partial charge in [-0.05, 0) is 77.5 Å². The summed E-state index contributed by atoms with van der Waals surface area (Å²) in [6.45, 7) is 0.481. The number of amides is 1. The molecular formula is C27H22N2O2S. The zero-order valence-electron chi connectivity index (χ0n) is 17.4. The third-order valence-electron chi connectivity index (χ3n) is 5.72. The summed E-state index contributed by atoms with van der Waals surface area (Å²) in [7, 11) is 0. The summed E-state index contributed by atoms with van der Waals surface area (Å²) >= 11 is 5.41. The van der Waals surface area contributed by atoms with Gasteiger partial charge in [0.15, 0.2) is 5.11 Å². The van der Waals surface area contributed by atoms with Gasteiger partial charge in [0.2, 0.25) is 0 Å². The third kappa shape index (κ3) is 4.20. The Hall–Kier alpha value is -3.70. The number of benzene rings is 4. The van der Waals surface area contributed by atoms with Crippen LogP contribution in [0.25, 0.3) is 10.8 Å². The summed E-state index contributed by atoms with van der Waals surface area (Å²) in [5.41, 5.74) is 5.24. The van der Waals surface area contributed by atoms with Crippen molar-refractivity contribution in [2.75, 3.05) is 5.32 Å². The van der Waals surface area contributed by atoms with Crippen molar-refractivity contribution < 1.29 is 9.53 Å². The van der Waals surface area contributed by atoms with Gasteiger partial charge in [0.25, 0.3) is 5.91 Å². The van der Waals surface area contributed by atoms with Crippen LogP contribution in [0.1, 0.15) is 27.0 Å². The van der Waals surface area contributed by atoms with Crippen LogP contribution in [0.5, 0.6) is 5.75 Å². The average Bonchev–Trinajstić information content (AvgIpc) is 3.25. The summed E-state index contributed by atoms with van der Waals surface area (Å²) < 4.78 is 5.78. The van der Waals surface area contributed by atoms with Crippen molar-refractivity contribution in [3.8, 4) is 5.75 Å². The Balaban J connectivity index is 1.22. The number of carbonyl (C=O) groups excluding carboxylic acids is 1. The number of ether oxygens (including phenoxy) is 1. The number of thiocarbonyl (C=S) groups is 1. The number of anilines is 1. The van der Waals surface area contributed by atoms with Crippen LogP contribution >= 0.6 is 12.2 Å². The van der Waals surface area contributed by atoms with E-state index in [0.717, 1.165) is 29.5 Å². The lowest BCUT2D eigenvalue weighted by Crippen LogP contribution is -2.34. The lowest BCUT2D eigenvalue weighted by Gasteiger charge is -2.13. The van der Waals surface area contributed by atoms with Crippen LogP contribution in [0, 0.1) is 0 Å². The molecule has 4 nitrogen and oxygen atoms in total. The highest BCUT2D eigenvalue weighted by Crippen LogP contribution is 2.34. The molecule has 0 fully saturated rings. The minimum atomic E-state index is -0.261. The molecule has 2 N–H and O–H groups in total. The molecule has 32 heavy (non-hydrogen) atoms. The van der Waals surface area contributed by atoms with Gasteiger partial charge in [0.05, 0.1) is 0 Å². The van der Waals surface area contributed by atoms with Crippen LogP contribution in [-0.4, -0.2) is 11.0 Å². The molecule has 0 spiro atoms. The van der Waals surface area contributed by atoms with E-state index in [-0.39, 0.29) is 11.0 Å². The smallest absolute Gasteiger partial charge is 0.257 e. The topological polar surface area (TPSA) is 50.4 Å². The third-order valence-corrected chi connectivity index (χ3v) is 5.92. The van der Waals surface area contributed by atoms with Gasteiger partial charge in [0.1, 0.15) is 12.4 Å². The minimum absolute atomic E-state index is 0.261. The maximum atomic E-state index is 12.6. The fourth-order valence-corrected chi connectivity index (χ4v) is 4.33. The van der Waals surface area contributed by atoms with Crippen LogP contribution in [0.4, 0.5) is 5.69 Å². The highest BCUT2D eigenvalue weighted by molar-refractivity contribution is 7.80. The maximum absolute atomic E-state index is 12.6. The molecule has 5 rings (SSSR count). The molecular weight excluding hydrogens is 416 g/mol. The maximum Gasteiger partial charge on any atom is 0.257 e. The number of hydrogen-bond donors (Lipinski definition) is 2. The number of carbonyl (C=O) groups is 1. The molecule has 0 aromatic heterocycles. The van der Waals surface area contributed by atoms with Gasteiger partial charge in [-0.15, -0.1) is 0 Å². The number of hydrogen-bond acceptors (Lipinski definition) is 3.